The average molecular weight is 392 g/mol. The Hall–Kier alpha value is -2.55. The molecule has 2 aromatic carbocycles. The molecule has 0 bridgehead atoms. The minimum atomic E-state index is -0.189. The van der Waals surface area contributed by atoms with Crippen molar-refractivity contribution in [2.45, 2.75) is 71.3 Å². The minimum Gasteiger partial charge on any atom is -0.507 e. The summed E-state index contributed by atoms with van der Waals surface area (Å²) in [5.41, 5.74) is 5.00. The van der Waals surface area contributed by atoms with Crippen molar-refractivity contribution in [3.05, 3.63) is 70.3 Å². The van der Waals surface area contributed by atoms with Gasteiger partial charge in [0.1, 0.15) is 5.75 Å². The first kappa shape index (κ1) is 21.2. The van der Waals surface area contributed by atoms with E-state index in [4.69, 9.17) is 0 Å². The van der Waals surface area contributed by atoms with Crippen molar-refractivity contribution in [3.8, 4) is 5.75 Å². The minimum absolute atomic E-state index is 0.0782. The van der Waals surface area contributed by atoms with E-state index in [1.807, 2.05) is 30.3 Å². The summed E-state index contributed by atoms with van der Waals surface area (Å²) in [6, 6.07) is 12.5. The van der Waals surface area contributed by atoms with Crippen LogP contribution in [0.5, 0.6) is 5.75 Å². The number of rotatable bonds is 3. The topological polar surface area (TPSA) is 49.3 Å². The van der Waals surface area contributed by atoms with Gasteiger partial charge in [-0.3, -0.25) is 4.79 Å². The van der Waals surface area contributed by atoms with Crippen molar-refractivity contribution < 1.29 is 9.90 Å². The summed E-state index contributed by atoms with van der Waals surface area (Å²) < 4.78 is 0. The highest BCUT2D eigenvalue weighted by molar-refractivity contribution is 5.92. The molecule has 0 heterocycles. The molecule has 0 fully saturated rings. The number of hydrogen-bond donors (Lipinski definition) is 2. The van der Waals surface area contributed by atoms with E-state index >= 15 is 0 Å². The summed E-state index contributed by atoms with van der Waals surface area (Å²) in [7, 11) is 0. The number of benzene rings is 2. The average Bonchev–Trinajstić information content (AvgIpc) is 3.00. The lowest BCUT2D eigenvalue weighted by Crippen LogP contribution is -2.34. The molecule has 2 aromatic rings. The first-order chi connectivity index (χ1) is 13.4. The van der Waals surface area contributed by atoms with E-state index in [1.54, 1.807) is 6.08 Å². The first-order valence-electron chi connectivity index (χ1n) is 10.4. The summed E-state index contributed by atoms with van der Waals surface area (Å²) in [5.74, 6) is 0.279. The molecule has 1 aliphatic rings. The van der Waals surface area contributed by atoms with E-state index in [2.05, 4.69) is 59.0 Å². The fraction of sp³-hybridized carbons (Fsp3) is 0.423. The van der Waals surface area contributed by atoms with Crippen molar-refractivity contribution in [3.63, 3.8) is 0 Å². The second kappa shape index (κ2) is 7.70. The van der Waals surface area contributed by atoms with E-state index < -0.39 is 0 Å². The standard InChI is InChI=1S/C26H33NO2/c1-25(2,3)21-13-17(14-22(24(21)29)26(4,5)6)11-12-23(28)27-20-15-18-9-7-8-10-19(18)16-20/h7-14,20,29H,15-16H2,1-6H3,(H,27,28)/b12-11+. The van der Waals surface area contributed by atoms with Gasteiger partial charge in [-0.2, -0.15) is 0 Å². The summed E-state index contributed by atoms with van der Waals surface area (Å²) in [5, 5.41) is 14.0. The molecule has 2 N–H and O–H groups in total. The van der Waals surface area contributed by atoms with Crippen LogP contribution in [-0.2, 0) is 28.5 Å². The Morgan fingerprint density at radius 1 is 0.966 bits per heavy atom. The van der Waals surface area contributed by atoms with Crippen molar-refractivity contribution >= 4 is 12.0 Å². The van der Waals surface area contributed by atoms with Crippen LogP contribution in [0.3, 0.4) is 0 Å². The molecule has 1 aliphatic carbocycles. The van der Waals surface area contributed by atoms with E-state index in [-0.39, 0.29) is 22.8 Å². The smallest absolute Gasteiger partial charge is 0.244 e. The van der Waals surface area contributed by atoms with E-state index in [0.29, 0.717) is 5.75 Å². The molecule has 3 heteroatoms. The Bertz CT molecular complexity index is 882. The van der Waals surface area contributed by atoms with Gasteiger partial charge in [0.15, 0.2) is 0 Å². The van der Waals surface area contributed by atoms with Crippen LogP contribution in [0.2, 0.25) is 0 Å². The molecule has 0 saturated carbocycles. The molecule has 0 spiro atoms. The maximum Gasteiger partial charge on any atom is 0.244 e. The molecule has 0 radical (unpaired) electrons. The van der Waals surface area contributed by atoms with Crippen LogP contribution in [0.1, 0.15) is 69.4 Å². The van der Waals surface area contributed by atoms with Crippen LogP contribution in [0.4, 0.5) is 0 Å². The molecule has 0 saturated heterocycles. The zero-order valence-corrected chi connectivity index (χ0v) is 18.5. The number of phenols is 1. The van der Waals surface area contributed by atoms with Gasteiger partial charge in [-0.25, -0.2) is 0 Å². The number of fused-ring (bicyclic) bond motifs is 1. The third-order valence-corrected chi connectivity index (χ3v) is 5.57. The lowest BCUT2D eigenvalue weighted by molar-refractivity contribution is -0.117. The van der Waals surface area contributed by atoms with E-state index in [9.17, 15) is 9.90 Å². The van der Waals surface area contributed by atoms with Crippen molar-refractivity contribution in [1.82, 2.24) is 5.32 Å². The number of hydrogen-bond acceptors (Lipinski definition) is 2. The molecule has 3 nitrogen and oxygen atoms in total. The molecule has 0 aliphatic heterocycles. The van der Waals surface area contributed by atoms with Crippen molar-refractivity contribution in [1.29, 1.82) is 0 Å². The Labute approximate surface area is 174 Å². The van der Waals surface area contributed by atoms with E-state index in [1.165, 1.54) is 11.1 Å². The third-order valence-electron chi connectivity index (χ3n) is 5.57. The number of aromatic hydroxyl groups is 1. The monoisotopic (exact) mass is 391 g/mol. The fourth-order valence-corrected chi connectivity index (χ4v) is 3.98. The fourth-order valence-electron chi connectivity index (χ4n) is 3.98. The third kappa shape index (κ3) is 4.90. The lowest BCUT2D eigenvalue weighted by Gasteiger charge is -2.27. The van der Waals surface area contributed by atoms with Gasteiger partial charge in [-0.1, -0.05) is 65.8 Å². The highest BCUT2D eigenvalue weighted by atomic mass is 16.3. The van der Waals surface area contributed by atoms with Gasteiger partial charge >= 0.3 is 0 Å². The predicted molar refractivity (Wildman–Crippen MR) is 120 cm³/mol. The van der Waals surface area contributed by atoms with Crippen LogP contribution in [0.25, 0.3) is 6.08 Å². The predicted octanol–water partition coefficient (Wildman–Crippen LogP) is 5.28. The maximum atomic E-state index is 12.5. The van der Waals surface area contributed by atoms with Gasteiger partial charge in [-0.05, 0) is 58.6 Å². The molecule has 1 amide bonds. The SMILES string of the molecule is CC(C)(C)c1cc(/C=C/C(=O)NC2Cc3ccccc3C2)cc(C(C)(C)C)c1O. The van der Waals surface area contributed by atoms with Gasteiger partial charge in [0.05, 0.1) is 0 Å². The van der Waals surface area contributed by atoms with E-state index in [0.717, 1.165) is 29.5 Å². The largest absolute Gasteiger partial charge is 0.507 e. The Balaban J connectivity index is 1.78. The zero-order chi connectivity index (χ0) is 21.4. The van der Waals surface area contributed by atoms with Gasteiger partial charge in [-0.15, -0.1) is 0 Å². The summed E-state index contributed by atoms with van der Waals surface area (Å²) in [6.45, 7) is 12.5. The number of phenolic OH excluding ortho intramolecular Hbond substituents is 1. The second-order valence-electron chi connectivity index (χ2n) is 10.2. The van der Waals surface area contributed by atoms with Gasteiger partial charge in [0.25, 0.3) is 0 Å². The second-order valence-corrected chi connectivity index (χ2v) is 10.2. The highest BCUT2D eigenvalue weighted by Gasteiger charge is 2.26. The van der Waals surface area contributed by atoms with Crippen LogP contribution in [0.15, 0.2) is 42.5 Å². The van der Waals surface area contributed by atoms with Crippen LogP contribution < -0.4 is 5.32 Å². The summed E-state index contributed by atoms with van der Waals surface area (Å²) >= 11 is 0. The highest BCUT2D eigenvalue weighted by Crippen LogP contribution is 2.40. The van der Waals surface area contributed by atoms with Gasteiger partial charge in [0.2, 0.25) is 5.91 Å². The molecule has 0 unspecified atom stereocenters. The molecule has 0 aromatic heterocycles. The molecule has 29 heavy (non-hydrogen) atoms. The van der Waals surface area contributed by atoms with Gasteiger partial charge in [0, 0.05) is 23.2 Å². The number of carbonyl (C=O) groups is 1. The molecule has 3 rings (SSSR count). The van der Waals surface area contributed by atoms with Crippen molar-refractivity contribution in [2.75, 3.05) is 0 Å². The number of nitrogens with one attached hydrogen (secondary N) is 1. The van der Waals surface area contributed by atoms with Crippen molar-refractivity contribution in [2.24, 2.45) is 0 Å². The zero-order valence-electron chi connectivity index (χ0n) is 18.5. The summed E-state index contributed by atoms with van der Waals surface area (Å²) in [4.78, 5) is 12.5. The molecule has 154 valence electrons. The van der Waals surface area contributed by atoms with Gasteiger partial charge < -0.3 is 10.4 Å². The Morgan fingerprint density at radius 3 is 1.90 bits per heavy atom. The Morgan fingerprint density at radius 2 is 1.45 bits per heavy atom. The molecular weight excluding hydrogens is 358 g/mol. The maximum absolute atomic E-state index is 12.5. The van der Waals surface area contributed by atoms with Crippen LogP contribution in [0, 0.1) is 0 Å². The normalized spacial score (nSPS) is 15.0. The molecule has 0 atom stereocenters. The van der Waals surface area contributed by atoms with Crippen LogP contribution in [-0.4, -0.2) is 17.1 Å². The molecular formula is C26H33NO2. The summed E-state index contributed by atoms with van der Waals surface area (Å²) in [6.07, 6.45) is 5.23. The van der Waals surface area contributed by atoms with Crippen LogP contribution >= 0.6 is 0 Å². The number of carbonyl (C=O) groups excluding carboxylic acids is 1. The number of amides is 1. The Kier molecular flexibility index (Phi) is 5.62. The first-order valence-corrected chi connectivity index (χ1v) is 10.4. The quantitative estimate of drug-likeness (QED) is 0.699. The lowest BCUT2D eigenvalue weighted by atomic mass is 9.78.